The van der Waals surface area contributed by atoms with Crippen LogP contribution < -0.4 is 10.6 Å². The number of rotatable bonds is 4. The monoisotopic (exact) mass is 194 g/mol. The molecule has 0 aliphatic carbocycles. The molecule has 0 heterocycles. The molecule has 14 heavy (non-hydrogen) atoms. The predicted molar refractivity (Wildman–Crippen MR) is 60.3 cm³/mol. The Morgan fingerprint density at radius 2 is 1.93 bits per heavy atom. The zero-order valence-corrected chi connectivity index (χ0v) is 9.03. The fraction of sp³-hybridized carbons (Fsp3) is 0.455. The summed E-state index contributed by atoms with van der Waals surface area (Å²) in [4.78, 5) is 2.17. The maximum atomic E-state index is 5.63. The lowest BCUT2D eigenvalue weighted by atomic mass is 10.2. The van der Waals surface area contributed by atoms with Gasteiger partial charge in [0.25, 0.3) is 0 Å². The lowest BCUT2D eigenvalue weighted by Gasteiger charge is -2.28. The van der Waals surface area contributed by atoms with Gasteiger partial charge in [-0.2, -0.15) is 0 Å². The van der Waals surface area contributed by atoms with Gasteiger partial charge in [0.05, 0.1) is 0 Å². The summed E-state index contributed by atoms with van der Waals surface area (Å²) in [5.41, 5.74) is 7.55. The van der Waals surface area contributed by atoms with E-state index in [0.717, 1.165) is 17.9 Å². The van der Waals surface area contributed by atoms with Crippen molar-refractivity contribution in [2.24, 2.45) is 0 Å². The van der Waals surface area contributed by atoms with Crippen LogP contribution in [0.4, 0.5) is 11.4 Å². The highest BCUT2D eigenvalue weighted by Crippen LogP contribution is 2.18. The summed E-state index contributed by atoms with van der Waals surface area (Å²) in [5, 5.41) is 0. The summed E-state index contributed by atoms with van der Waals surface area (Å²) < 4.78 is 5.28. The van der Waals surface area contributed by atoms with Gasteiger partial charge in [0.15, 0.2) is 0 Å². The van der Waals surface area contributed by atoms with Gasteiger partial charge in [-0.25, -0.2) is 0 Å². The second-order valence-corrected chi connectivity index (χ2v) is 3.21. The van der Waals surface area contributed by atoms with Gasteiger partial charge in [0, 0.05) is 25.0 Å². The molecule has 2 N–H and O–H groups in total. The number of methoxy groups -OCH3 is 1. The Morgan fingerprint density at radius 1 is 1.36 bits per heavy atom. The van der Waals surface area contributed by atoms with E-state index in [4.69, 9.17) is 10.5 Å². The summed E-state index contributed by atoms with van der Waals surface area (Å²) >= 11 is 0. The number of benzene rings is 1. The molecule has 3 heteroatoms. The lowest BCUT2D eigenvalue weighted by Crippen LogP contribution is -2.34. The highest BCUT2D eigenvalue weighted by molar-refractivity contribution is 5.53. The average Bonchev–Trinajstić information content (AvgIpc) is 2.21. The summed E-state index contributed by atoms with van der Waals surface area (Å²) in [6.07, 6.45) is 0.0867. The van der Waals surface area contributed by atoms with Crippen molar-refractivity contribution in [2.75, 3.05) is 24.3 Å². The van der Waals surface area contributed by atoms with Gasteiger partial charge in [-0.05, 0) is 38.1 Å². The number of hydrogen-bond donors (Lipinski definition) is 1. The number of nitrogens with two attached hydrogens (primary N) is 1. The van der Waals surface area contributed by atoms with E-state index in [1.54, 1.807) is 7.11 Å². The maximum absolute atomic E-state index is 5.63. The Kier molecular flexibility index (Phi) is 3.77. The normalized spacial score (nSPS) is 12.5. The Hall–Kier alpha value is -1.22. The lowest BCUT2D eigenvalue weighted by molar-refractivity contribution is 0.115. The van der Waals surface area contributed by atoms with E-state index in [2.05, 4.69) is 11.8 Å². The molecule has 1 unspecified atom stereocenters. The highest BCUT2D eigenvalue weighted by Gasteiger charge is 2.10. The van der Waals surface area contributed by atoms with Crippen LogP contribution in [0.2, 0.25) is 0 Å². The first-order valence-corrected chi connectivity index (χ1v) is 4.84. The number of nitrogen functional groups attached to an aromatic ring is 1. The van der Waals surface area contributed by atoms with Crippen LogP contribution in [-0.4, -0.2) is 19.9 Å². The molecule has 3 nitrogen and oxygen atoms in total. The van der Waals surface area contributed by atoms with Gasteiger partial charge in [-0.15, -0.1) is 0 Å². The highest BCUT2D eigenvalue weighted by atomic mass is 16.5. The smallest absolute Gasteiger partial charge is 0.126 e. The molecule has 0 radical (unpaired) electrons. The molecule has 0 aromatic heterocycles. The molecule has 0 saturated carbocycles. The molecular weight excluding hydrogens is 176 g/mol. The van der Waals surface area contributed by atoms with Crippen LogP contribution >= 0.6 is 0 Å². The van der Waals surface area contributed by atoms with E-state index in [1.165, 1.54) is 0 Å². The molecule has 1 rings (SSSR count). The molecule has 1 atom stereocenters. The molecule has 0 bridgehead atoms. The fourth-order valence-corrected chi connectivity index (χ4v) is 1.44. The van der Waals surface area contributed by atoms with E-state index < -0.39 is 0 Å². The van der Waals surface area contributed by atoms with E-state index >= 15 is 0 Å². The van der Waals surface area contributed by atoms with Crippen LogP contribution in [0.5, 0.6) is 0 Å². The van der Waals surface area contributed by atoms with Crippen molar-refractivity contribution < 1.29 is 4.74 Å². The first-order chi connectivity index (χ1) is 6.69. The first-order valence-electron chi connectivity index (χ1n) is 4.84. The summed E-state index contributed by atoms with van der Waals surface area (Å²) in [5.74, 6) is 0. The number of anilines is 2. The summed E-state index contributed by atoms with van der Waals surface area (Å²) in [6.45, 7) is 5.05. The number of nitrogens with zero attached hydrogens (tertiary/aromatic N) is 1. The SMILES string of the molecule is CCN(c1ccc(N)cc1)C(C)OC. The van der Waals surface area contributed by atoms with Crippen LogP contribution in [0.1, 0.15) is 13.8 Å². The van der Waals surface area contributed by atoms with Gasteiger partial charge in [0.1, 0.15) is 6.23 Å². The minimum Gasteiger partial charge on any atom is -0.399 e. The quantitative estimate of drug-likeness (QED) is 0.589. The third-order valence-corrected chi connectivity index (χ3v) is 2.35. The molecule has 0 saturated heterocycles. The van der Waals surface area contributed by atoms with Crippen molar-refractivity contribution in [3.8, 4) is 0 Å². The zero-order valence-electron chi connectivity index (χ0n) is 9.03. The molecule has 1 aromatic rings. The topological polar surface area (TPSA) is 38.5 Å². The van der Waals surface area contributed by atoms with Gasteiger partial charge in [0.2, 0.25) is 0 Å². The summed E-state index contributed by atoms with van der Waals surface area (Å²) in [7, 11) is 1.71. The third-order valence-electron chi connectivity index (χ3n) is 2.35. The fourth-order valence-electron chi connectivity index (χ4n) is 1.44. The maximum Gasteiger partial charge on any atom is 0.126 e. The second kappa shape index (κ2) is 4.86. The molecule has 0 aliphatic heterocycles. The van der Waals surface area contributed by atoms with Crippen molar-refractivity contribution in [3.63, 3.8) is 0 Å². The molecular formula is C11H18N2O. The molecule has 1 aromatic carbocycles. The van der Waals surface area contributed by atoms with Crippen molar-refractivity contribution in [1.82, 2.24) is 0 Å². The van der Waals surface area contributed by atoms with Gasteiger partial charge < -0.3 is 15.4 Å². The largest absolute Gasteiger partial charge is 0.399 e. The molecule has 0 spiro atoms. The van der Waals surface area contributed by atoms with Gasteiger partial charge in [-0.3, -0.25) is 0 Å². The second-order valence-electron chi connectivity index (χ2n) is 3.21. The van der Waals surface area contributed by atoms with Crippen LogP contribution in [0.15, 0.2) is 24.3 Å². The zero-order chi connectivity index (χ0) is 10.6. The molecule has 78 valence electrons. The average molecular weight is 194 g/mol. The summed E-state index contributed by atoms with van der Waals surface area (Å²) in [6, 6.07) is 7.82. The number of hydrogen-bond acceptors (Lipinski definition) is 3. The Bertz CT molecular complexity index is 271. The van der Waals surface area contributed by atoms with Crippen LogP contribution in [-0.2, 0) is 4.74 Å². The van der Waals surface area contributed by atoms with E-state index in [1.807, 2.05) is 31.2 Å². The van der Waals surface area contributed by atoms with Crippen molar-refractivity contribution in [2.45, 2.75) is 20.1 Å². The molecule has 0 fully saturated rings. The first kappa shape index (κ1) is 10.9. The Balaban J connectivity index is 2.84. The van der Waals surface area contributed by atoms with Crippen molar-refractivity contribution >= 4 is 11.4 Å². The van der Waals surface area contributed by atoms with Gasteiger partial charge in [-0.1, -0.05) is 0 Å². The van der Waals surface area contributed by atoms with E-state index in [0.29, 0.717) is 0 Å². The minimum absolute atomic E-state index is 0.0867. The van der Waals surface area contributed by atoms with E-state index in [-0.39, 0.29) is 6.23 Å². The third kappa shape index (κ3) is 2.39. The number of ether oxygens (including phenoxy) is 1. The van der Waals surface area contributed by atoms with Crippen LogP contribution in [0.3, 0.4) is 0 Å². The van der Waals surface area contributed by atoms with Gasteiger partial charge >= 0.3 is 0 Å². The molecule has 0 amide bonds. The standard InChI is InChI=1S/C11H18N2O/c1-4-13(9(2)14-3)11-7-5-10(12)6-8-11/h5-9H,4,12H2,1-3H3. The predicted octanol–water partition coefficient (Wildman–Crippen LogP) is 2.09. The Labute approximate surface area is 85.5 Å². The Morgan fingerprint density at radius 3 is 2.36 bits per heavy atom. The van der Waals surface area contributed by atoms with Crippen molar-refractivity contribution in [1.29, 1.82) is 0 Å². The van der Waals surface area contributed by atoms with Crippen LogP contribution in [0.25, 0.3) is 0 Å². The minimum atomic E-state index is 0.0867. The molecule has 0 aliphatic rings. The van der Waals surface area contributed by atoms with Crippen LogP contribution in [0, 0.1) is 0 Å². The van der Waals surface area contributed by atoms with E-state index in [9.17, 15) is 0 Å². The van der Waals surface area contributed by atoms with Crippen molar-refractivity contribution in [3.05, 3.63) is 24.3 Å².